The first-order valence-corrected chi connectivity index (χ1v) is 7.93. The van der Waals surface area contributed by atoms with Gasteiger partial charge in [0.2, 0.25) is 0 Å². The molecule has 0 heterocycles. The maximum atomic E-state index is 6.25. The van der Waals surface area contributed by atoms with Gasteiger partial charge < -0.3 is 4.74 Å². The summed E-state index contributed by atoms with van der Waals surface area (Å²) < 4.78 is 6.25. The minimum atomic E-state index is 0.471. The fourth-order valence-electron chi connectivity index (χ4n) is 5.40. The second kappa shape index (κ2) is 4.34. The van der Waals surface area contributed by atoms with E-state index in [9.17, 15) is 0 Å². The first-order chi connectivity index (χ1) is 9.28. The second-order valence-electron chi connectivity index (χ2n) is 7.08. The van der Waals surface area contributed by atoms with E-state index in [4.69, 9.17) is 4.74 Å². The zero-order valence-corrected chi connectivity index (χ0v) is 11.8. The van der Waals surface area contributed by atoms with Crippen LogP contribution in [0, 0.1) is 23.2 Å². The molecule has 0 aliphatic heterocycles. The van der Waals surface area contributed by atoms with Gasteiger partial charge in [0.25, 0.3) is 0 Å². The van der Waals surface area contributed by atoms with Crippen molar-refractivity contribution in [3.05, 3.63) is 35.9 Å². The highest BCUT2D eigenvalue weighted by Gasteiger charge is 2.64. The van der Waals surface area contributed by atoms with Crippen LogP contribution in [0.15, 0.2) is 30.3 Å². The van der Waals surface area contributed by atoms with Crippen LogP contribution in [-0.4, -0.2) is 12.7 Å². The fraction of sp³-hybridized carbons (Fsp3) is 0.667. The third-order valence-electron chi connectivity index (χ3n) is 6.35. The molecule has 0 saturated heterocycles. The molecule has 3 unspecified atom stereocenters. The topological polar surface area (TPSA) is 9.23 Å². The molecule has 0 aromatic heterocycles. The van der Waals surface area contributed by atoms with Crippen LogP contribution in [0.5, 0.6) is 0 Å². The van der Waals surface area contributed by atoms with Gasteiger partial charge in [0.15, 0.2) is 0 Å². The van der Waals surface area contributed by atoms with Gasteiger partial charge in [-0.2, -0.15) is 0 Å². The summed E-state index contributed by atoms with van der Waals surface area (Å²) in [5.74, 6) is 3.12. The molecule has 4 aliphatic carbocycles. The molecule has 3 atom stereocenters. The van der Waals surface area contributed by atoms with Crippen LogP contribution in [0.3, 0.4) is 0 Å². The van der Waals surface area contributed by atoms with Gasteiger partial charge in [-0.3, -0.25) is 0 Å². The highest BCUT2D eigenvalue weighted by molar-refractivity contribution is 5.15. The van der Waals surface area contributed by atoms with Gasteiger partial charge in [-0.25, -0.2) is 0 Å². The zero-order chi connectivity index (χ0) is 12.9. The van der Waals surface area contributed by atoms with Gasteiger partial charge in [-0.15, -0.1) is 0 Å². The van der Waals surface area contributed by atoms with Gasteiger partial charge in [-0.1, -0.05) is 30.3 Å². The number of hydrogen-bond donors (Lipinski definition) is 0. The molecule has 19 heavy (non-hydrogen) atoms. The van der Waals surface area contributed by atoms with Crippen molar-refractivity contribution in [2.75, 3.05) is 6.61 Å². The predicted octanol–water partition coefficient (Wildman–Crippen LogP) is 4.07. The summed E-state index contributed by atoms with van der Waals surface area (Å²) in [4.78, 5) is 0. The lowest BCUT2D eigenvalue weighted by Crippen LogP contribution is -2.35. The summed E-state index contributed by atoms with van der Waals surface area (Å²) in [6.07, 6.45) is 7.48. The Labute approximate surface area is 116 Å². The Morgan fingerprint density at radius 2 is 1.84 bits per heavy atom. The molecule has 1 nitrogen and oxygen atoms in total. The maximum Gasteiger partial charge on any atom is 0.0606 e. The summed E-state index contributed by atoms with van der Waals surface area (Å²) in [6, 6.07) is 10.7. The highest BCUT2D eigenvalue weighted by Crippen LogP contribution is 2.71. The van der Waals surface area contributed by atoms with Crippen molar-refractivity contribution < 1.29 is 4.74 Å². The molecule has 4 saturated carbocycles. The van der Waals surface area contributed by atoms with Gasteiger partial charge in [0.1, 0.15) is 0 Å². The van der Waals surface area contributed by atoms with Crippen molar-refractivity contribution >= 4 is 0 Å². The Hall–Kier alpha value is -0.820. The Bertz CT molecular complexity index is 438. The van der Waals surface area contributed by atoms with Crippen LogP contribution in [0.2, 0.25) is 0 Å². The minimum absolute atomic E-state index is 0.471. The number of rotatable bonds is 5. The van der Waals surface area contributed by atoms with Gasteiger partial charge in [0.05, 0.1) is 12.7 Å². The van der Waals surface area contributed by atoms with Crippen molar-refractivity contribution in [3.63, 3.8) is 0 Å². The van der Waals surface area contributed by atoms with Crippen LogP contribution in [0.25, 0.3) is 0 Å². The second-order valence-corrected chi connectivity index (χ2v) is 7.08. The standard InChI is InChI=1S/C18H24O/c1-13(19-8-7-14-5-3-2-4-6-14)18-11-15-9-17(18)10-16(15)12-18/h2-6,13,15-17H,7-12H2,1H3. The molecule has 4 aliphatic rings. The van der Waals surface area contributed by atoms with E-state index in [2.05, 4.69) is 37.3 Å². The Morgan fingerprint density at radius 3 is 2.42 bits per heavy atom. The molecule has 4 fully saturated rings. The van der Waals surface area contributed by atoms with Gasteiger partial charge >= 0.3 is 0 Å². The van der Waals surface area contributed by atoms with Crippen LogP contribution in [-0.2, 0) is 11.2 Å². The Balaban J connectivity index is 1.34. The smallest absolute Gasteiger partial charge is 0.0606 e. The number of hydrogen-bond acceptors (Lipinski definition) is 1. The third kappa shape index (κ3) is 1.78. The molecule has 0 amide bonds. The van der Waals surface area contributed by atoms with E-state index in [1.165, 1.54) is 31.2 Å². The highest BCUT2D eigenvalue weighted by atomic mass is 16.5. The third-order valence-corrected chi connectivity index (χ3v) is 6.35. The van der Waals surface area contributed by atoms with Crippen LogP contribution < -0.4 is 0 Å². The van der Waals surface area contributed by atoms with E-state index < -0.39 is 0 Å². The average molecular weight is 256 g/mol. The molecule has 102 valence electrons. The van der Waals surface area contributed by atoms with Crippen LogP contribution in [0.4, 0.5) is 0 Å². The summed E-state index contributed by atoms with van der Waals surface area (Å²) in [6.45, 7) is 3.23. The lowest BCUT2D eigenvalue weighted by Gasteiger charge is -2.35. The largest absolute Gasteiger partial charge is 0.378 e. The maximum absolute atomic E-state index is 6.25. The minimum Gasteiger partial charge on any atom is -0.378 e. The van der Waals surface area contributed by atoms with Crippen molar-refractivity contribution in [2.45, 2.75) is 45.1 Å². The zero-order valence-electron chi connectivity index (χ0n) is 11.8. The molecule has 0 radical (unpaired) electrons. The molecular weight excluding hydrogens is 232 g/mol. The van der Waals surface area contributed by atoms with Crippen molar-refractivity contribution in [1.82, 2.24) is 0 Å². The Morgan fingerprint density at radius 1 is 1.16 bits per heavy atom. The molecule has 1 aromatic rings. The number of ether oxygens (including phenoxy) is 1. The molecule has 5 rings (SSSR count). The van der Waals surface area contributed by atoms with E-state index in [-0.39, 0.29) is 0 Å². The quantitative estimate of drug-likeness (QED) is 0.771. The first-order valence-electron chi connectivity index (χ1n) is 7.93. The van der Waals surface area contributed by atoms with Crippen molar-refractivity contribution in [3.8, 4) is 0 Å². The molecule has 1 aromatic carbocycles. The fourth-order valence-corrected chi connectivity index (χ4v) is 5.40. The van der Waals surface area contributed by atoms with Crippen molar-refractivity contribution in [2.24, 2.45) is 23.2 Å². The van der Waals surface area contributed by atoms with E-state index in [1.807, 2.05) is 0 Å². The van der Waals surface area contributed by atoms with Gasteiger partial charge in [-0.05, 0) is 67.8 Å². The molecule has 4 bridgehead atoms. The van der Waals surface area contributed by atoms with Crippen LogP contribution in [0.1, 0.15) is 38.2 Å². The van der Waals surface area contributed by atoms with E-state index in [0.29, 0.717) is 11.5 Å². The molecule has 1 heteroatoms. The monoisotopic (exact) mass is 256 g/mol. The lowest BCUT2D eigenvalue weighted by molar-refractivity contribution is -0.0365. The molecular formula is C18H24O. The summed E-state index contributed by atoms with van der Waals surface area (Å²) in [7, 11) is 0. The summed E-state index contributed by atoms with van der Waals surface area (Å²) >= 11 is 0. The normalized spacial score (nSPS) is 40.2. The summed E-state index contributed by atoms with van der Waals surface area (Å²) in [5.41, 5.74) is 1.97. The molecule has 0 N–H and O–H groups in total. The van der Waals surface area contributed by atoms with Gasteiger partial charge in [0, 0.05) is 0 Å². The van der Waals surface area contributed by atoms with E-state index in [1.54, 1.807) is 0 Å². The SMILES string of the molecule is CC(OCCc1ccccc1)C12CC3CC1CC3C2. The predicted molar refractivity (Wildman–Crippen MR) is 76.9 cm³/mol. The van der Waals surface area contributed by atoms with E-state index in [0.717, 1.165) is 30.8 Å². The Kier molecular flexibility index (Phi) is 2.73. The lowest BCUT2D eigenvalue weighted by atomic mass is 9.76. The first kappa shape index (κ1) is 12.0. The van der Waals surface area contributed by atoms with Crippen molar-refractivity contribution in [1.29, 1.82) is 0 Å². The number of benzene rings is 1. The van der Waals surface area contributed by atoms with Crippen LogP contribution >= 0.6 is 0 Å². The summed E-state index contributed by atoms with van der Waals surface area (Å²) in [5, 5.41) is 0. The van der Waals surface area contributed by atoms with E-state index >= 15 is 0 Å². The molecule has 0 spiro atoms. The average Bonchev–Trinajstić information content (AvgIpc) is 3.13.